The maximum absolute atomic E-state index is 12.2. The number of anilines is 1. The van der Waals surface area contributed by atoms with Gasteiger partial charge in [0.15, 0.2) is 0 Å². The molecule has 2 heterocycles. The summed E-state index contributed by atoms with van der Waals surface area (Å²) >= 11 is 7.55. The lowest BCUT2D eigenvalue weighted by Gasteiger charge is -2.16. The average molecular weight is 282 g/mol. The zero-order chi connectivity index (χ0) is 13.1. The minimum absolute atomic E-state index is 0.190. The van der Waals surface area contributed by atoms with Crippen molar-refractivity contribution in [3.8, 4) is 0 Å². The van der Waals surface area contributed by atoms with Crippen LogP contribution in [0.2, 0.25) is 5.02 Å². The van der Waals surface area contributed by atoms with Crippen molar-refractivity contribution in [3.63, 3.8) is 0 Å². The summed E-state index contributed by atoms with van der Waals surface area (Å²) in [5.41, 5.74) is 5.75. The van der Waals surface area contributed by atoms with Crippen LogP contribution in [0.15, 0.2) is 29.6 Å². The summed E-state index contributed by atoms with van der Waals surface area (Å²) in [6.45, 7) is 0.531. The maximum atomic E-state index is 12.2. The van der Waals surface area contributed by atoms with E-state index in [2.05, 4.69) is 4.98 Å². The van der Waals surface area contributed by atoms with Crippen LogP contribution in [0.1, 0.15) is 15.4 Å². The first-order chi connectivity index (χ1) is 8.58. The molecule has 0 unspecified atom stereocenters. The Hall–Kier alpha value is -1.59. The fourth-order valence-corrected chi connectivity index (χ4v) is 2.44. The molecule has 2 aromatic rings. The van der Waals surface area contributed by atoms with Gasteiger partial charge in [-0.2, -0.15) is 0 Å². The molecule has 0 aromatic carbocycles. The molecule has 0 bridgehead atoms. The molecule has 2 N–H and O–H groups in total. The van der Waals surface area contributed by atoms with E-state index in [1.165, 1.54) is 0 Å². The van der Waals surface area contributed by atoms with Gasteiger partial charge in [-0.1, -0.05) is 17.7 Å². The lowest BCUT2D eigenvalue weighted by Crippen LogP contribution is -2.27. The van der Waals surface area contributed by atoms with Gasteiger partial charge in [0, 0.05) is 11.9 Å². The molecule has 0 spiro atoms. The molecule has 0 saturated carbocycles. The highest BCUT2D eigenvalue weighted by molar-refractivity contribution is 7.09. The minimum Gasteiger partial charge on any atom is -0.384 e. The van der Waals surface area contributed by atoms with Gasteiger partial charge in [0.1, 0.15) is 11.5 Å². The fourth-order valence-electron chi connectivity index (χ4n) is 1.50. The zero-order valence-electron chi connectivity index (χ0n) is 9.76. The molecule has 6 heteroatoms. The molecule has 0 fully saturated rings. The standard InChI is InChI=1S/C12H12ClN3OS/c1-16(7-8-3-2-6-18-8)12(17)11-9(13)4-5-10(14)15-11/h2-6H,7H2,1H3,(H2,14,15). The molecule has 2 aromatic heterocycles. The largest absolute Gasteiger partial charge is 0.384 e. The number of rotatable bonds is 3. The van der Waals surface area contributed by atoms with E-state index in [4.69, 9.17) is 17.3 Å². The van der Waals surface area contributed by atoms with E-state index in [1.807, 2.05) is 17.5 Å². The Morgan fingerprint density at radius 1 is 1.50 bits per heavy atom. The molecule has 1 amide bonds. The Labute approximate surface area is 114 Å². The Kier molecular flexibility index (Phi) is 3.84. The summed E-state index contributed by atoms with van der Waals surface area (Å²) in [6.07, 6.45) is 0. The van der Waals surface area contributed by atoms with Gasteiger partial charge in [-0.05, 0) is 23.6 Å². The van der Waals surface area contributed by atoms with Crippen LogP contribution in [0.4, 0.5) is 5.82 Å². The summed E-state index contributed by atoms with van der Waals surface area (Å²) in [5.74, 6) is 0.0490. The molecule has 2 rings (SSSR count). The van der Waals surface area contributed by atoms with Crippen LogP contribution in [0.3, 0.4) is 0 Å². The number of carbonyl (C=O) groups excluding carboxylic acids is 1. The lowest BCUT2D eigenvalue weighted by atomic mass is 10.3. The molecular formula is C12H12ClN3OS. The Morgan fingerprint density at radius 2 is 2.28 bits per heavy atom. The third-order valence-corrected chi connectivity index (χ3v) is 3.56. The van der Waals surface area contributed by atoms with Crippen molar-refractivity contribution in [1.82, 2.24) is 9.88 Å². The summed E-state index contributed by atoms with van der Waals surface area (Å²) in [4.78, 5) is 18.8. The van der Waals surface area contributed by atoms with Crippen molar-refractivity contribution >= 4 is 34.7 Å². The van der Waals surface area contributed by atoms with Gasteiger partial charge in [0.2, 0.25) is 0 Å². The highest BCUT2D eigenvalue weighted by atomic mass is 35.5. The second-order valence-corrected chi connectivity index (χ2v) is 5.25. The molecule has 94 valence electrons. The SMILES string of the molecule is CN(Cc1cccs1)C(=O)c1nc(N)ccc1Cl. The van der Waals surface area contributed by atoms with E-state index in [9.17, 15) is 4.79 Å². The highest BCUT2D eigenvalue weighted by Gasteiger charge is 2.17. The Balaban J connectivity index is 2.17. The highest BCUT2D eigenvalue weighted by Crippen LogP contribution is 2.18. The van der Waals surface area contributed by atoms with Crippen molar-refractivity contribution in [2.24, 2.45) is 0 Å². The molecule has 0 aliphatic rings. The van der Waals surface area contributed by atoms with Crippen LogP contribution in [-0.4, -0.2) is 22.8 Å². The van der Waals surface area contributed by atoms with Crippen LogP contribution in [0.5, 0.6) is 0 Å². The van der Waals surface area contributed by atoms with Gasteiger partial charge < -0.3 is 10.6 Å². The number of aromatic nitrogens is 1. The van der Waals surface area contributed by atoms with Crippen molar-refractivity contribution in [1.29, 1.82) is 0 Å². The summed E-state index contributed by atoms with van der Waals surface area (Å²) in [5, 5.41) is 2.28. The van der Waals surface area contributed by atoms with Crippen LogP contribution in [0.25, 0.3) is 0 Å². The number of pyridine rings is 1. The molecule has 0 atom stereocenters. The number of hydrogen-bond acceptors (Lipinski definition) is 4. The monoisotopic (exact) mass is 281 g/mol. The smallest absolute Gasteiger partial charge is 0.274 e. The number of nitrogens with zero attached hydrogens (tertiary/aromatic N) is 2. The number of nitrogen functional groups attached to an aromatic ring is 1. The third kappa shape index (κ3) is 2.80. The van der Waals surface area contributed by atoms with Crippen LogP contribution in [-0.2, 0) is 6.54 Å². The topological polar surface area (TPSA) is 59.2 Å². The second-order valence-electron chi connectivity index (χ2n) is 3.81. The summed E-state index contributed by atoms with van der Waals surface area (Å²) < 4.78 is 0. The van der Waals surface area contributed by atoms with Gasteiger partial charge in [-0.3, -0.25) is 4.79 Å². The van der Waals surface area contributed by atoms with Gasteiger partial charge in [0.05, 0.1) is 11.6 Å². The van der Waals surface area contributed by atoms with Crippen molar-refractivity contribution in [3.05, 3.63) is 45.2 Å². The summed E-state index contributed by atoms with van der Waals surface area (Å²) in [6, 6.07) is 7.07. The van der Waals surface area contributed by atoms with Crippen molar-refractivity contribution in [2.75, 3.05) is 12.8 Å². The lowest BCUT2D eigenvalue weighted by molar-refractivity contribution is 0.0781. The van der Waals surface area contributed by atoms with E-state index in [0.717, 1.165) is 4.88 Å². The van der Waals surface area contributed by atoms with E-state index in [-0.39, 0.29) is 17.4 Å². The molecule has 0 aliphatic carbocycles. The zero-order valence-corrected chi connectivity index (χ0v) is 11.3. The van der Waals surface area contributed by atoms with Crippen molar-refractivity contribution < 1.29 is 4.79 Å². The van der Waals surface area contributed by atoms with Crippen LogP contribution in [0, 0.1) is 0 Å². The Morgan fingerprint density at radius 3 is 2.94 bits per heavy atom. The average Bonchev–Trinajstić information content (AvgIpc) is 2.84. The third-order valence-electron chi connectivity index (χ3n) is 2.39. The summed E-state index contributed by atoms with van der Waals surface area (Å²) in [7, 11) is 1.71. The van der Waals surface area contributed by atoms with Gasteiger partial charge in [-0.15, -0.1) is 11.3 Å². The molecule has 0 radical (unpaired) electrons. The first kappa shape index (κ1) is 12.9. The van der Waals surface area contributed by atoms with Gasteiger partial charge in [-0.25, -0.2) is 4.98 Å². The number of thiophene rings is 1. The molecule has 4 nitrogen and oxygen atoms in total. The number of nitrogens with two attached hydrogens (primary N) is 1. The van der Waals surface area contributed by atoms with E-state index in [1.54, 1.807) is 35.4 Å². The van der Waals surface area contributed by atoms with Crippen LogP contribution < -0.4 is 5.73 Å². The minimum atomic E-state index is -0.235. The Bertz CT molecular complexity index is 556. The maximum Gasteiger partial charge on any atom is 0.274 e. The van der Waals surface area contributed by atoms with Crippen LogP contribution >= 0.6 is 22.9 Å². The van der Waals surface area contributed by atoms with E-state index >= 15 is 0 Å². The number of carbonyl (C=O) groups is 1. The quantitative estimate of drug-likeness (QED) is 0.941. The molecule has 18 heavy (non-hydrogen) atoms. The van der Waals surface area contributed by atoms with E-state index < -0.39 is 0 Å². The molecular weight excluding hydrogens is 270 g/mol. The van der Waals surface area contributed by atoms with E-state index in [0.29, 0.717) is 11.6 Å². The number of halogens is 1. The second kappa shape index (κ2) is 5.37. The molecule has 0 saturated heterocycles. The van der Waals surface area contributed by atoms with Gasteiger partial charge >= 0.3 is 0 Å². The molecule has 0 aliphatic heterocycles. The fraction of sp³-hybridized carbons (Fsp3) is 0.167. The van der Waals surface area contributed by atoms with Gasteiger partial charge in [0.25, 0.3) is 5.91 Å². The first-order valence-electron chi connectivity index (χ1n) is 5.28. The normalized spacial score (nSPS) is 10.3. The predicted molar refractivity (Wildman–Crippen MR) is 73.8 cm³/mol. The number of hydrogen-bond donors (Lipinski definition) is 1. The number of amides is 1. The predicted octanol–water partition coefficient (Wildman–Crippen LogP) is 2.65. The van der Waals surface area contributed by atoms with Crippen molar-refractivity contribution in [2.45, 2.75) is 6.54 Å². The first-order valence-corrected chi connectivity index (χ1v) is 6.53.